The van der Waals surface area contributed by atoms with Gasteiger partial charge in [-0.1, -0.05) is 47.5 Å². The number of aliphatic hydroxyl groups excluding tert-OH is 1. The molecule has 2 aliphatic heterocycles. The number of pyridine rings is 2. The van der Waals surface area contributed by atoms with Crippen LogP contribution < -0.4 is 0 Å². The minimum absolute atomic E-state index is 0.0328. The van der Waals surface area contributed by atoms with Crippen LogP contribution >= 0.6 is 23.2 Å². The fourth-order valence-electron chi connectivity index (χ4n) is 9.06. The van der Waals surface area contributed by atoms with Crippen molar-refractivity contribution in [1.29, 1.82) is 0 Å². The minimum Gasteiger partial charge on any atom is -0.392 e. The largest absolute Gasteiger partial charge is 0.392 e. The lowest BCUT2D eigenvalue weighted by atomic mass is 9.76. The summed E-state index contributed by atoms with van der Waals surface area (Å²) in [5, 5.41) is 11.2. The zero-order chi connectivity index (χ0) is 43.0. The molecule has 17 heteroatoms. The minimum atomic E-state index is -3.63. The molecule has 2 unspecified atom stereocenters. The molecule has 0 bridgehead atoms. The van der Waals surface area contributed by atoms with Crippen molar-refractivity contribution in [2.45, 2.75) is 37.5 Å². The number of fused-ring (bicyclic) bond motifs is 4. The lowest BCUT2D eigenvalue weighted by molar-refractivity contribution is 0.256. The van der Waals surface area contributed by atoms with Crippen molar-refractivity contribution in [1.82, 2.24) is 18.6 Å². The summed E-state index contributed by atoms with van der Waals surface area (Å²) < 4.78 is 79.3. The molecule has 2 atom stereocenters. The number of piperidine rings is 2. The molecule has 12 nitrogen and oxygen atoms in total. The van der Waals surface area contributed by atoms with E-state index in [1.54, 1.807) is 16.7 Å². The molecule has 2 aromatic carbocycles. The molecule has 0 radical (unpaired) electrons. The topological polar surface area (TPSA) is 164 Å². The van der Waals surface area contributed by atoms with Gasteiger partial charge in [-0.25, -0.2) is 25.4 Å². The van der Waals surface area contributed by atoms with Gasteiger partial charge < -0.3 is 5.11 Å². The van der Waals surface area contributed by atoms with Crippen LogP contribution in [0.3, 0.4) is 0 Å². The predicted octanol–water partition coefficient (Wildman–Crippen LogP) is 6.75. The smallest absolute Gasteiger partial charge is 0.264 e. The van der Waals surface area contributed by atoms with E-state index < -0.39 is 30.2 Å². The molecule has 0 amide bonds. The summed E-state index contributed by atoms with van der Waals surface area (Å²) in [4.78, 5) is 9.42. The molecule has 60 heavy (non-hydrogen) atoms. The molecule has 2 fully saturated rings. The maximum Gasteiger partial charge on any atom is 0.264 e. The zero-order valence-corrected chi connectivity index (χ0v) is 37.5. The van der Waals surface area contributed by atoms with Gasteiger partial charge in [0.05, 0.1) is 43.4 Å². The van der Waals surface area contributed by atoms with Crippen molar-refractivity contribution < 1.29 is 34.5 Å². The second-order valence-corrected chi connectivity index (χ2v) is 22.3. The van der Waals surface area contributed by atoms with E-state index in [1.807, 2.05) is 72.8 Å². The highest BCUT2D eigenvalue weighted by molar-refractivity contribution is 7.88. The van der Waals surface area contributed by atoms with Crippen LogP contribution in [0.2, 0.25) is 10.0 Å². The van der Waals surface area contributed by atoms with Crippen LogP contribution in [0.25, 0.3) is 23.3 Å². The first-order chi connectivity index (χ1) is 28.4. The second-order valence-electron chi connectivity index (χ2n) is 15.8. The van der Waals surface area contributed by atoms with Gasteiger partial charge in [-0.05, 0) is 119 Å². The van der Waals surface area contributed by atoms with Gasteiger partial charge >= 0.3 is 0 Å². The number of aliphatic hydroxyl groups is 1. The average molecular weight is 916 g/mol. The quantitative estimate of drug-likeness (QED) is 0.187. The normalized spacial score (nSPS) is 20.5. The molecule has 1 N–H and O–H groups in total. The summed E-state index contributed by atoms with van der Waals surface area (Å²) in [6.07, 6.45) is 13.9. The molecule has 2 saturated heterocycles. The summed E-state index contributed by atoms with van der Waals surface area (Å²) in [5.41, 5.74) is 9.15. The lowest BCUT2D eigenvalue weighted by Gasteiger charge is -2.35. The highest BCUT2D eigenvalue weighted by atomic mass is 35.5. The standard InChI is InChI=1S/C22H25ClN2O5S2.C21H23ClN2O3S/c1-31(26,27)25-10-7-15(8-11-25)21-19-6-5-18(23)13-16(19)12-17(14-30-32(2,28)29)20-4-3-9-24-22(20)21;1-28(26,27)24-9-6-14(7-10-24)20-18-5-4-17(22)12-15(18)11-16(13-25)19-3-2-8-23-21(19)20/h3-6,9,12-13,15,21H,7-8,10-11,14H2,1-2H3;2-5,8,11-12,14,20,25H,6-7,9-10,13H2,1H3. The average Bonchev–Trinajstić information content (AvgIpc) is 3.43. The maximum atomic E-state index is 12.0. The van der Waals surface area contributed by atoms with Gasteiger partial charge in [0.25, 0.3) is 10.1 Å². The van der Waals surface area contributed by atoms with Gasteiger partial charge in [0, 0.05) is 71.6 Å². The van der Waals surface area contributed by atoms with Gasteiger partial charge in [0.2, 0.25) is 20.0 Å². The van der Waals surface area contributed by atoms with Gasteiger partial charge in [-0.3, -0.25) is 14.2 Å². The summed E-state index contributed by atoms with van der Waals surface area (Å²) >= 11 is 12.6. The van der Waals surface area contributed by atoms with Crippen molar-refractivity contribution in [3.8, 4) is 0 Å². The van der Waals surface area contributed by atoms with Crippen LogP contribution in [-0.4, -0.2) is 107 Å². The Hall–Kier alpha value is -3.51. The van der Waals surface area contributed by atoms with Crippen molar-refractivity contribution in [3.63, 3.8) is 0 Å². The number of halogens is 2. The van der Waals surface area contributed by atoms with Gasteiger partial charge in [-0.2, -0.15) is 8.42 Å². The molecule has 2 aromatic heterocycles. The monoisotopic (exact) mass is 914 g/mol. The Morgan fingerprint density at radius 2 is 1.07 bits per heavy atom. The number of rotatable bonds is 8. The maximum absolute atomic E-state index is 12.0. The Bertz CT molecular complexity index is 2660. The molecule has 320 valence electrons. The molecular formula is C43H48Cl2N4O8S3. The number of aromatic nitrogens is 2. The van der Waals surface area contributed by atoms with E-state index in [4.69, 9.17) is 37.4 Å². The van der Waals surface area contributed by atoms with Crippen LogP contribution in [-0.2, 0) is 34.3 Å². The third kappa shape index (κ3) is 10.1. The number of hydrogen-bond donors (Lipinski definition) is 1. The Balaban J connectivity index is 0.000000183. The first-order valence-corrected chi connectivity index (χ1v) is 25.9. The van der Waals surface area contributed by atoms with Crippen molar-refractivity contribution in [3.05, 3.63) is 128 Å². The Labute approximate surface area is 363 Å². The fraction of sp³-hybridized carbons (Fsp3) is 0.395. The van der Waals surface area contributed by atoms with E-state index >= 15 is 0 Å². The molecular weight excluding hydrogens is 868 g/mol. The first-order valence-electron chi connectivity index (χ1n) is 19.7. The second kappa shape index (κ2) is 18.1. The van der Waals surface area contributed by atoms with Crippen LogP contribution in [0.5, 0.6) is 0 Å². The summed E-state index contributed by atoms with van der Waals surface area (Å²) in [7, 11) is -10.0. The van der Waals surface area contributed by atoms with E-state index in [2.05, 4.69) is 0 Å². The highest BCUT2D eigenvalue weighted by Crippen LogP contribution is 2.46. The Morgan fingerprint density at radius 1 is 0.650 bits per heavy atom. The number of benzene rings is 2. The number of hydrogen-bond acceptors (Lipinski definition) is 10. The molecule has 0 saturated carbocycles. The van der Waals surface area contributed by atoms with Crippen LogP contribution in [0.1, 0.15) is 82.3 Å². The SMILES string of the molecule is CS(=O)(=O)N1CCC(C2c3ccc(Cl)cc3C=C(CO)c3cccnc32)CC1.CS(=O)(=O)OCC1=Cc2cc(Cl)ccc2C(C2CCN(S(C)(=O)=O)CC2)c2ncccc21. The van der Waals surface area contributed by atoms with E-state index in [-0.39, 0.29) is 36.9 Å². The Morgan fingerprint density at radius 3 is 1.47 bits per heavy atom. The van der Waals surface area contributed by atoms with Crippen molar-refractivity contribution in [2.24, 2.45) is 11.8 Å². The molecule has 2 aliphatic carbocycles. The van der Waals surface area contributed by atoms with E-state index in [0.717, 1.165) is 69.4 Å². The molecule has 0 spiro atoms. The van der Waals surface area contributed by atoms with Gasteiger partial charge in [-0.15, -0.1) is 0 Å². The Kier molecular flexibility index (Phi) is 13.4. The lowest BCUT2D eigenvalue weighted by Crippen LogP contribution is -2.39. The highest BCUT2D eigenvalue weighted by Gasteiger charge is 2.37. The zero-order valence-electron chi connectivity index (χ0n) is 33.5. The third-order valence-corrected chi connectivity index (χ3v) is 15.5. The predicted molar refractivity (Wildman–Crippen MR) is 237 cm³/mol. The summed E-state index contributed by atoms with van der Waals surface area (Å²) in [6.45, 7) is 1.77. The third-order valence-electron chi connectivity index (χ3n) is 11.9. The molecule has 4 heterocycles. The number of sulfonamides is 2. The molecule has 4 aromatic rings. The fourth-order valence-corrected chi connectivity index (χ4v) is 11.5. The van der Waals surface area contributed by atoms with E-state index in [1.165, 1.54) is 16.8 Å². The summed E-state index contributed by atoms with van der Waals surface area (Å²) in [5.74, 6) is 0.390. The molecule has 4 aliphatic rings. The summed E-state index contributed by atoms with van der Waals surface area (Å²) in [6, 6.07) is 19.2. The van der Waals surface area contributed by atoms with Crippen molar-refractivity contribution in [2.75, 3.05) is 58.2 Å². The number of nitrogens with zero attached hydrogens (tertiary/aromatic N) is 4. The van der Waals surface area contributed by atoms with Gasteiger partial charge in [0.1, 0.15) is 0 Å². The van der Waals surface area contributed by atoms with Crippen molar-refractivity contribution >= 4 is 76.7 Å². The van der Waals surface area contributed by atoms with Crippen LogP contribution in [0.15, 0.2) is 73.1 Å². The van der Waals surface area contributed by atoms with E-state index in [0.29, 0.717) is 54.6 Å². The first kappa shape index (κ1) is 44.5. The van der Waals surface area contributed by atoms with Crippen LogP contribution in [0.4, 0.5) is 0 Å². The van der Waals surface area contributed by atoms with Crippen LogP contribution in [0, 0.1) is 11.8 Å². The van der Waals surface area contributed by atoms with Gasteiger partial charge in [0.15, 0.2) is 0 Å². The van der Waals surface area contributed by atoms with E-state index in [9.17, 15) is 30.4 Å². The molecule has 8 rings (SSSR count).